The molecule has 3 saturated carbocycles. The number of rotatable bonds is 10. The first kappa shape index (κ1) is 27.2. The highest BCUT2D eigenvalue weighted by atomic mass is 35.5. The van der Waals surface area contributed by atoms with Crippen LogP contribution in [0.1, 0.15) is 42.3 Å². The van der Waals surface area contributed by atoms with Crippen LogP contribution in [-0.2, 0) is 19.6 Å². The molecule has 14 heteroatoms. The number of aliphatic imine (C=N–C) groups is 1. The van der Waals surface area contributed by atoms with E-state index in [1.807, 2.05) is 0 Å². The quantitative estimate of drug-likeness (QED) is 0.310. The van der Waals surface area contributed by atoms with Gasteiger partial charge in [0.15, 0.2) is 10.8 Å². The third-order valence-electron chi connectivity index (χ3n) is 7.20. The molecule has 4 N–H and O–H groups in total. The minimum absolute atomic E-state index is 0.0833. The first-order chi connectivity index (χ1) is 18.0. The van der Waals surface area contributed by atoms with Crippen LogP contribution in [0.3, 0.4) is 0 Å². The molecular formula is C24H26ClFN4O6S2. The first-order valence-electron chi connectivity index (χ1n) is 11.8. The number of carbonyl (C=O) groups excluding carboxylic acids is 1. The maximum Gasteiger partial charge on any atom is 0.338 e. The molecule has 3 aliphatic carbocycles. The number of ether oxygens (including phenoxy) is 1. The fourth-order valence-corrected chi connectivity index (χ4v) is 8.03. The molecule has 2 aromatic rings. The van der Waals surface area contributed by atoms with E-state index in [0.717, 1.165) is 6.07 Å². The molecule has 0 spiro atoms. The van der Waals surface area contributed by atoms with Crippen LogP contribution in [0.15, 0.2) is 46.0 Å². The van der Waals surface area contributed by atoms with Gasteiger partial charge in [-0.25, -0.2) is 27.3 Å². The van der Waals surface area contributed by atoms with Crippen LogP contribution in [0.4, 0.5) is 4.39 Å². The van der Waals surface area contributed by atoms with Crippen LogP contribution in [0.25, 0.3) is 0 Å². The normalized spacial score (nSPS) is 27.1. The molecule has 3 fully saturated rings. The number of benzene rings is 1. The van der Waals surface area contributed by atoms with Gasteiger partial charge in [0.05, 0.1) is 31.1 Å². The number of hydrogen-bond donors (Lipinski definition) is 4. The highest BCUT2D eigenvalue weighted by molar-refractivity contribution is 7.89. The van der Waals surface area contributed by atoms with E-state index in [2.05, 4.69) is 15.0 Å². The number of thiazole rings is 1. The van der Waals surface area contributed by atoms with Crippen molar-refractivity contribution in [1.29, 1.82) is 0 Å². The molecule has 1 aromatic heterocycles. The van der Waals surface area contributed by atoms with Gasteiger partial charge >= 0.3 is 5.97 Å². The van der Waals surface area contributed by atoms with Crippen LogP contribution in [0, 0.1) is 11.2 Å². The third kappa shape index (κ3) is 4.87. The number of nitrogens with zero attached hydrogens (tertiary/aromatic N) is 2. The second-order valence-electron chi connectivity index (χ2n) is 9.93. The second-order valence-corrected chi connectivity index (χ2v) is 13.1. The van der Waals surface area contributed by atoms with E-state index in [-0.39, 0.29) is 22.8 Å². The van der Waals surface area contributed by atoms with Crippen LogP contribution in [0.5, 0.6) is 0 Å². The molecule has 38 heavy (non-hydrogen) atoms. The number of carbonyl (C=O) groups is 1. The number of allylic oxidation sites excluding steroid dienone is 1. The predicted molar refractivity (Wildman–Crippen MR) is 139 cm³/mol. The average Bonchev–Trinajstić information content (AvgIpc) is 3.38. The number of esters is 1. The van der Waals surface area contributed by atoms with E-state index >= 15 is 0 Å². The van der Waals surface area contributed by atoms with Gasteiger partial charge in [-0.15, -0.1) is 11.3 Å². The Morgan fingerprint density at radius 2 is 2.13 bits per heavy atom. The Labute approximate surface area is 227 Å². The van der Waals surface area contributed by atoms with Crippen LogP contribution < -0.4 is 10.0 Å². The summed E-state index contributed by atoms with van der Waals surface area (Å²) in [4.78, 5) is 22.2. The topological polar surface area (TPSA) is 150 Å². The van der Waals surface area contributed by atoms with Crippen molar-refractivity contribution >= 4 is 44.8 Å². The number of aliphatic hydroxyl groups is 2. The second kappa shape index (κ2) is 9.96. The molecule has 2 heterocycles. The van der Waals surface area contributed by atoms with E-state index in [4.69, 9.17) is 26.4 Å². The van der Waals surface area contributed by atoms with Crippen LogP contribution in [0.2, 0.25) is 5.02 Å². The van der Waals surface area contributed by atoms with Crippen LogP contribution >= 0.6 is 22.9 Å². The highest BCUT2D eigenvalue weighted by Crippen LogP contribution is 2.71. The summed E-state index contributed by atoms with van der Waals surface area (Å²) in [6, 6.07) is 2.99. The number of aromatic nitrogens is 1. The molecule has 2 atom stereocenters. The zero-order valence-corrected chi connectivity index (χ0v) is 22.7. The number of hydrogen-bond acceptors (Lipinski definition) is 10. The standard InChI is InChI=1S/C24H26ClFN4O6S2/c1-36-22(33)17-18(15-3-2-13(26)8-16(15)25)28-20(21-27-5-6-37-21)29-19(17)23-10-24(11-23,12-23)30-38(34,35)7-4-14(32)9-31/h2-3,5-6,8,14,18,30-32H,4,7,9-12H2,1H3,(H,28,29)/t14-,18?,23?,24?/m1/s1. The Hall–Kier alpha value is -2.42. The molecule has 10 nitrogen and oxygen atoms in total. The third-order valence-corrected chi connectivity index (χ3v) is 9.83. The van der Waals surface area contributed by atoms with Crippen molar-refractivity contribution in [3.8, 4) is 0 Å². The molecular weight excluding hydrogens is 559 g/mol. The number of nitrogens with one attached hydrogen (secondary N) is 2. The van der Waals surface area contributed by atoms with Crippen molar-refractivity contribution in [3.05, 3.63) is 62.5 Å². The summed E-state index contributed by atoms with van der Waals surface area (Å²) < 4.78 is 46.9. The average molecular weight is 585 g/mol. The molecule has 6 rings (SSSR count). The SMILES string of the molecule is COC(=O)C1=C(C23CC(NS(=O)(=O)CC[C@@H](O)CO)(C2)C3)NC(c2nccs2)=NC1c1ccc(F)cc1Cl. The van der Waals surface area contributed by atoms with Crippen molar-refractivity contribution in [2.75, 3.05) is 19.5 Å². The molecule has 0 radical (unpaired) electrons. The number of methoxy groups -OCH3 is 1. The summed E-state index contributed by atoms with van der Waals surface area (Å²) >= 11 is 7.75. The predicted octanol–water partition coefficient (Wildman–Crippen LogP) is 2.04. The van der Waals surface area contributed by atoms with Crippen molar-refractivity contribution in [1.82, 2.24) is 15.0 Å². The van der Waals surface area contributed by atoms with Crippen LogP contribution in [-0.4, -0.2) is 66.5 Å². The van der Waals surface area contributed by atoms with Crippen molar-refractivity contribution < 1.29 is 32.6 Å². The van der Waals surface area contributed by atoms with Gasteiger partial charge < -0.3 is 20.3 Å². The first-order valence-corrected chi connectivity index (χ1v) is 14.7. The molecule has 1 aliphatic heterocycles. The molecule has 0 saturated heterocycles. The molecule has 204 valence electrons. The van der Waals surface area contributed by atoms with Gasteiger partial charge in [0, 0.05) is 38.8 Å². The van der Waals surface area contributed by atoms with E-state index in [1.165, 1.54) is 30.6 Å². The lowest BCUT2D eigenvalue weighted by Gasteiger charge is -2.71. The van der Waals surface area contributed by atoms with Crippen molar-refractivity contribution in [2.45, 2.75) is 43.4 Å². The number of amidine groups is 1. The summed E-state index contributed by atoms with van der Waals surface area (Å²) in [5.41, 5.74) is -0.00112. The summed E-state index contributed by atoms with van der Waals surface area (Å²) in [6.45, 7) is -0.512. The molecule has 4 aliphatic rings. The molecule has 0 amide bonds. The minimum atomic E-state index is -3.70. The maximum absolute atomic E-state index is 13.8. The number of aliphatic hydroxyl groups excluding tert-OH is 2. The van der Waals surface area contributed by atoms with Gasteiger partial charge in [-0.1, -0.05) is 17.7 Å². The van der Waals surface area contributed by atoms with Gasteiger partial charge in [-0.05, 0) is 37.8 Å². The lowest BCUT2D eigenvalue weighted by molar-refractivity contribution is -0.138. The highest BCUT2D eigenvalue weighted by Gasteiger charge is 2.71. The largest absolute Gasteiger partial charge is 0.466 e. The monoisotopic (exact) mass is 584 g/mol. The number of halogens is 2. The van der Waals surface area contributed by atoms with E-state index in [1.54, 1.807) is 11.6 Å². The minimum Gasteiger partial charge on any atom is -0.466 e. The van der Waals surface area contributed by atoms with Crippen molar-refractivity contribution in [3.63, 3.8) is 0 Å². The molecule has 1 unspecified atom stereocenters. The number of sulfonamides is 1. The van der Waals surface area contributed by atoms with E-state index in [9.17, 15) is 22.7 Å². The van der Waals surface area contributed by atoms with Gasteiger partial charge in [0.2, 0.25) is 10.0 Å². The maximum atomic E-state index is 13.8. The molecule has 1 aromatic carbocycles. The Kier molecular flexibility index (Phi) is 7.12. The Morgan fingerprint density at radius 3 is 2.74 bits per heavy atom. The zero-order chi connectivity index (χ0) is 27.3. The van der Waals surface area contributed by atoms with E-state index in [0.29, 0.717) is 41.4 Å². The summed E-state index contributed by atoms with van der Waals surface area (Å²) in [6.07, 6.45) is 1.73. The van der Waals surface area contributed by atoms with Gasteiger partial charge in [0.1, 0.15) is 11.9 Å². The van der Waals surface area contributed by atoms with Gasteiger partial charge in [0.25, 0.3) is 0 Å². The summed E-state index contributed by atoms with van der Waals surface area (Å²) in [7, 11) is -2.44. The summed E-state index contributed by atoms with van der Waals surface area (Å²) in [5.74, 6) is -1.05. The van der Waals surface area contributed by atoms with Gasteiger partial charge in [-0.2, -0.15) is 0 Å². The Morgan fingerprint density at radius 1 is 1.39 bits per heavy atom. The summed E-state index contributed by atoms with van der Waals surface area (Å²) in [5, 5.41) is 24.2. The Balaban J connectivity index is 1.48. The van der Waals surface area contributed by atoms with E-state index < -0.39 is 51.5 Å². The lowest BCUT2D eigenvalue weighted by atomic mass is 9.38. The fraction of sp³-hybridized carbons (Fsp3) is 0.458. The van der Waals surface area contributed by atoms with Crippen molar-refractivity contribution in [2.24, 2.45) is 10.4 Å². The van der Waals surface area contributed by atoms with Gasteiger partial charge in [-0.3, -0.25) is 4.99 Å². The zero-order valence-electron chi connectivity index (χ0n) is 20.3. The lowest BCUT2D eigenvalue weighted by Crippen LogP contribution is -2.76. The smallest absolute Gasteiger partial charge is 0.338 e. The molecule has 2 bridgehead atoms. The fourth-order valence-electron chi connectivity index (χ4n) is 5.61. The Bertz CT molecular complexity index is 1410.